The van der Waals surface area contributed by atoms with E-state index in [-0.39, 0.29) is 18.3 Å². The van der Waals surface area contributed by atoms with Crippen LogP contribution in [0.25, 0.3) is 11.5 Å². The van der Waals surface area contributed by atoms with Crippen molar-refractivity contribution in [3.8, 4) is 11.5 Å². The van der Waals surface area contributed by atoms with E-state index in [0.717, 1.165) is 20.5 Å². The predicted molar refractivity (Wildman–Crippen MR) is 107 cm³/mol. The van der Waals surface area contributed by atoms with Crippen LogP contribution in [0.5, 0.6) is 0 Å². The number of anilines is 1. The molecule has 0 N–H and O–H groups in total. The van der Waals surface area contributed by atoms with Crippen LogP contribution in [0.4, 0.5) is 10.5 Å². The fourth-order valence-electron chi connectivity index (χ4n) is 3.11. The first-order valence-corrected chi connectivity index (χ1v) is 9.53. The quantitative estimate of drug-likeness (QED) is 0.568. The van der Waals surface area contributed by atoms with Gasteiger partial charge in [-0.2, -0.15) is 0 Å². The van der Waals surface area contributed by atoms with Crippen molar-refractivity contribution in [2.45, 2.75) is 26.4 Å². The Bertz CT molecular complexity index is 1050. The highest BCUT2D eigenvalue weighted by Crippen LogP contribution is 2.29. The van der Waals surface area contributed by atoms with E-state index in [1.807, 2.05) is 55.5 Å². The SMILES string of the molecule is Cc1ccc(N2C(=O)N(Cc3nnc(-c4ccccc4Br)o3)C(=O)[C@H]2C)cc1. The van der Waals surface area contributed by atoms with E-state index in [1.165, 1.54) is 4.90 Å². The Morgan fingerprint density at radius 3 is 2.50 bits per heavy atom. The molecule has 4 rings (SSSR count). The summed E-state index contributed by atoms with van der Waals surface area (Å²) in [5.74, 6) is 0.224. The highest BCUT2D eigenvalue weighted by atomic mass is 79.9. The Morgan fingerprint density at radius 1 is 1.07 bits per heavy atom. The van der Waals surface area contributed by atoms with Gasteiger partial charge in [0, 0.05) is 10.2 Å². The summed E-state index contributed by atoms with van der Waals surface area (Å²) in [7, 11) is 0. The zero-order valence-corrected chi connectivity index (χ0v) is 16.9. The van der Waals surface area contributed by atoms with E-state index in [0.29, 0.717) is 11.6 Å². The molecular weight excluding hydrogens is 424 g/mol. The van der Waals surface area contributed by atoms with Gasteiger partial charge in [0.25, 0.3) is 5.91 Å². The largest absolute Gasteiger partial charge is 0.419 e. The Hall–Kier alpha value is -3.00. The highest BCUT2D eigenvalue weighted by Gasteiger charge is 2.43. The molecule has 0 spiro atoms. The van der Waals surface area contributed by atoms with Crippen molar-refractivity contribution in [3.63, 3.8) is 0 Å². The summed E-state index contributed by atoms with van der Waals surface area (Å²) in [6.07, 6.45) is 0. The highest BCUT2D eigenvalue weighted by molar-refractivity contribution is 9.10. The van der Waals surface area contributed by atoms with Gasteiger partial charge in [0.2, 0.25) is 11.8 Å². The maximum absolute atomic E-state index is 12.9. The monoisotopic (exact) mass is 440 g/mol. The molecule has 1 fully saturated rings. The first-order valence-electron chi connectivity index (χ1n) is 8.74. The smallest absolute Gasteiger partial charge is 0.332 e. The molecule has 0 bridgehead atoms. The second kappa shape index (κ2) is 7.20. The van der Waals surface area contributed by atoms with Gasteiger partial charge < -0.3 is 4.42 Å². The number of amides is 3. The topological polar surface area (TPSA) is 79.5 Å². The lowest BCUT2D eigenvalue weighted by Gasteiger charge is -2.19. The molecule has 0 radical (unpaired) electrons. The lowest BCUT2D eigenvalue weighted by Crippen LogP contribution is -2.33. The van der Waals surface area contributed by atoms with Crippen LogP contribution < -0.4 is 4.90 Å². The molecule has 2 heterocycles. The van der Waals surface area contributed by atoms with E-state index in [4.69, 9.17) is 4.42 Å². The third-order valence-electron chi connectivity index (χ3n) is 4.62. The van der Waals surface area contributed by atoms with Crippen molar-refractivity contribution in [1.29, 1.82) is 0 Å². The Morgan fingerprint density at radius 2 is 1.79 bits per heavy atom. The molecule has 8 heteroatoms. The lowest BCUT2D eigenvalue weighted by molar-refractivity contribution is -0.127. The molecular formula is C20H17BrN4O3. The van der Waals surface area contributed by atoms with Crippen molar-refractivity contribution in [1.82, 2.24) is 15.1 Å². The van der Waals surface area contributed by atoms with Gasteiger partial charge >= 0.3 is 6.03 Å². The minimum absolute atomic E-state index is 0.0676. The number of nitrogens with zero attached hydrogens (tertiary/aromatic N) is 4. The molecule has 142 valence electrons. The van der Waals surface area contributed by atoms with Crippen LogP contribution in [0.15, 0.2) is 57.4 Å². The molecule has 1 saturated heterocycles. The van der Waals surface area contributed by atoms with Gasteiger partial charge in [-0.1, -0.05) is 29.8 Å². The van der Waals surface area contributed by atoms with E-state index in [9.17, 15) is 9.59 Å². The summed E-state index contributed by atoms with van der Waals surface area (Å²) in [4.78, 5) is 28.2. The summed E-state index contributed by atoms with van der Waals surface area (Å²) in [6, 6.07) is 13.9. The summed E-state index contributed by atoms with van der Waals surface area (Å²) in [6.45, 7) is 3.61. The van der Waals surface area contributed by atoms with E-state index >= 15 is 0 Å². The predicted octanol–water partition coefficient (Wildman–Crippen LogP) is 4.16. The standard InChI is InChI=1S/C20H17BrN4O3/c1-12-7-9-14(10-8-12)25-13(2)19(26)24(20(25)27)11-17-22-23-18(28-17)15-5-3-4-6-16(15)21/h3-10,13H,11H2,1-2H3/t13-/m1/s1. The molecule has 0 aliphatic carbocycles. The van der Waals surface area contributed by atoms with E-state index in [2.05, 4.69) is 26.1 Å². The maximum Gasteiger partial charge on any atom is 0.332 e. The molecule has 1 aliphatic heterocycles. The maximum atomic E-state index is 12.9. The zero-order chi connectivity index (χ0) is 19.8. The van der Waals surface area contributed by atoms with Crippen LogP contribution in [0.2, 0.25) is 0 Å². The average Bonchev–Trinajstić information content (AvgIpc) is 3.23. The van der Waals surface area contributed by atoms with Crippen molar-refractivity contribution < 1.29 is 14.0 Å². The Kier molecular flexibility index (Phi) is 4.72. The Balaban J connectivity index is 1.57. The number of halogens is 1. The average molecular weight is 441 g/mol. The van der Waals surface area contributed by atoms with Crippen molar-refractivity contribution in [3.05, 3.63) is 64.5 Å². The second-order valence-corrected chi connectivity index (χ2v) is 7.42. The van der Waals surface area contributed by atoms with Crippen molar-refractivity contribution in [2.24, 2.45) is 0 Å². The summed E-state index contributed by atoms with van der Waals surface area (Å²) >= 11 is 3.44. The number of aromatic nitrogens is 2. The van der Waals surface area contributed by atoms with Crippen LogP contribution in [0.3, 0.4) is 0 Å². The van der Waals surface area contributed by atoms with Gasteiger partial charge in [-0.3, -0.25) is 14.6 Å². The molecule has 1 aromatic heterocycles. The zero-order valence-electron chi connectivity index (χ0n) is 15.3. The van der Waals surface area contributed by atoms with Gasteiger partial charge in [0.05, 0.1) is 5.56 Å². The van der Waals surface area contributed by atoms with Crippen LogP contribution in [0, 0.1) is 6.92 Å². The van der Waals surface area contributed by atoms with Gasteiger partial charge in [-0.25, -0.2) is 4.79 Å². The summed E-state index contributed by atoms with van der Waals surface area (Å²) in [5.41, 5.74) is 2.50. The molecule has 3 aromatic rings. The number of aryl methyl sites for hydroxylation is 1. The van der Waals surface area contributed by atoms with Gasteiger partial charge in [0.1, 0.15) is 12.6 Å². The molecule has 2 aromatic carbocycles. The molecule has 28 heavy (non-hydrogen) atoms. The van der Waals surface area contributed by atoms with E-state index in [1.54, 1.807) is 6.92 Å². The number of carbonyl (C=O) groups is 2. The molecule has 1 aliphatic rings. The number of imide groups is 1. The van der Waals surface area contributed by atoms with E-state index < -0.39 is 12.1 Å². The van der Waals surface area contributed by atoms with Crippen LogP contribution >= 0.6 is 15.9 Å². The summed E-state index contributed by atoms with van der Waals surface area (Å²) < 4.78 is 6.50. The fraction of sp³-hybridized carbons (Fsp3) is 0.200. The van der Waals surface area contributed by atoms with Crippen molar-refractivity contribution in [2.75, 3.05) is 4.90 Å². The first kappa shape index (κ1) is 18.4. The summed E-state index contributed by atoms with van der Waals surface area (Å²) in [5, 5.41) is 8.03. The number of rotatable bonds is 4. The van der Waals surface area contributed by atoms with Crippen molar-refractivity contribution >= 4 is 33.6 Å². The third-order valence-corrected chi connectivity index (χ3v) is 5.32. The fourth-order valence-corrected chi connectivity index (χ4v) is 3.56. The second-order valence-electron chi connectivity index (χ2n) is 6.57. The molecule has 3 amide bonds. The molecule has 0 saturated carbocycles. The normalized spacial score (nSPS) is 16.9. The molecule has 0 unspecified atom stereocenters. The Labute approximate surface area is 170 Å². The van der Waals surface area contributed by atoms with Crippen LogP contribution in [0.1, 0.15) is 18.4 Å². The number of urea groups is 1. The van der Waals surface area contributed by atoms with Crippen LogP contribution in [-0.4, -0.2) is 33.1 Å². The lowest BCUT2D eigenvalue weighted by atomic mass is 10.2. The number of hydrogen-bond acceptors (Lipinski definition) is 5. The molecule has 1 atom stereocenters. The minimum Gasteiger partial charge on any atom is -0.419 e. The molecule has 7 nitrogen and oxygen atoms in total. The third kappa shape index (κ3) is 3.20. The van der Waals surface area contributed by atoms with Crippen LogP contribution in [-0.2, 0) is 11.3 Å². The first-order chi connectivity index (χ1) is 13.5. The number of benzene rings is 2. The number of carbonyl (C=O) groups excluding carboxylic acids is 2. The minimum atomic E-state index is -0.596. The van der Waals surface area contributed by atoms with Gasteiger partial charge in [-0.05, 0) is 54.0 Å². The van der Waals surface area contributed by atoms with Gasteiger partial charge in [0.15, 0.2) is 0 Å². The van der Waals surface area contributed by atoms with Gasteiger partial charge in [-0.15, -0.1) is 10.2 Å². The number of hydrogen-bond donors (Lipinski definition) is 0.